The highest BCUT2D eigenvalue weighted by Gasteiger charge is 2.71. The fourth-order valence-electron chi connectivity index (χ4n) is 3.49. The van der Waals surface area contributed by atoms with Crippen LogP contribution in [0.5, 0.6) is 0 Å². The third-order valence-electron chi connectivity index (χ3n) is 5.47. The number of aryl methyl sites for hydroxylation is 1. The standard InChI is InChI=1S/C22H22F6N2O3S/c1-13-9-16(6-7-17(13)20(32,21(23,24)25)22(26,27)28)30-18(31)10-15-5-8-19(29-11-15)34(2,33)12-14-3-4-14/h5-9,11,14,32H,2-4,10,12H2,1H3,(H,30,31). The molecular weight excluding hydrogens is 486 g/mol. The maximum atomic E-state index is 13.1. The number of alkyl halides is 6. The number of pyridine rings is 1. The Hall–Kier alpha value is -2.60. The van der Waals surface area contributed by atoms with Crippen molar-refractivity contribution in [1.82, 2.24) is 4.98 Å². The van der Waals surface area contributed by atoms with E-state index in [4.69, 9.17) is 0 Å². The normalized spacial score (nSPS) is 16.7. The molecule has 0 saturated heterocycles. The Morgan fingerprint density at radius 3 is 2.24 bits per heavy atom. The van der Waals surface area contributed by atoms with E-state index in [0.29, 0.717) is 28.3 Å². The van der Waals surface area contributed by atoms with Crippen LogP contribution in [-0.2, 0) is 26.3 Å². The Kier molecular flexibility index (Phi) is 6.79. The lowest BCUT2D eigenvalue weighted by Crippen LogP contribution is -2.54. The first-order valence-corrected chi connectivity index (χ1v) is 12.0. The van der Waals surface area contributed by atoms with Crippen LogP contribution in [0, 0.1) is 12.8 Å². The van der Waals surface area contributed by atoms with E-state index in [0.717, 1.165) is 31.9 Å². The van der Waals surface area contributed by atoms with E-state index >= 15 is 0 Å². The average Bonchev–Trinajstić information content (AvgIpc) is 3.49. The van der Waals surface area contributed by atoms with Crippen LogP contribution in [0.4, 0.5) is 32.0 Å². The number of amides is 1. The van der Waals surface area contributed by atoms with E-state index in [1.807, 2.05) is 0 Å². The molecule has 186 valence electrons. The van der Waals surface area contributed by atoms with Gasteiger partial charge in [-0.2, -0.15) is 26.3 Å². The molecule has 1 amide bonds. The molecule has 2 aromatic rings. The quantitative estimate of drug-likeness (QED) is 0.430. The number of hydrogen-bond acceptors (Lipinski definition) is 4. The van der Waals surface area contributed by atoms with Crippen LogP contribution in [0.25, 0.3) is 0 Å². The van der Waals surface area contributed by atoms with Crippen LogP contribution in [0.2, 0.25) is 0 Å². The molecule has 34 heavy (non-hydrogen) atoms. The number of aromatic nitrogens is 1. The first-order chi connectivity index (χ1) is 15.5. The molecule has 2 N–H and O–H groups in total. The third kappa shape index (κ3) is 5.38. The molecule has 12 heteroatoms. The van der Waals surface area contributed by atoms with Crippen molar-refractivity contribution in [2.24, 2.45) is 5.92 Å². The van der Waals surface area contributed by atoms with Crippen molar-refractivity contribution in [3.05, 3.63) is 53.2 Å². The molecule has 0 spiro atoms. The number of halogens is 6. The Bertz CT molecular complexity index is 1160. The molecule has 0 radical (unpaired) electrons. The third-order valence-corrected chi connectivity index (χ3v) is 7.48. The topological polar surface area (TPSA) is 79.3 Å². The summed E-state index contributed by atoms with van der Waals surface area (Å²) in [4.78, 5) is 16.4. The lowest BCUT2D eigenvalue weighted by atomic mass is 9.88. The van der Waals surface area contributed by atoms with Crippen molar-refractivity contribution in [1.29, 1.82) is 0 Å². The molecule has 1 aliphatic rings. The Morgan fingerprint density at radius 2 is 1.76 bits per heavy atom. The molecule has 1 aliphatic carbocycles. The van der Waals surface area contributed by atoms with E-state index in [1.54, 1.807) is 6.07 Å². The highest BCUT2D eigenvalue weighted by atomic mass is 32.2. The minimum atomic E-state index is -6.00. The van der Waals surface area contributed by atoms with Gasteiger partial charge in [-0.3, -0.25) is 9.00 Å². The predicted molar refractivity (Wildman–Crippen MR) is 115 cm³/mol. The highest BCUT2D eigenvalue weighted by Crippen LogP contribution is 2.51. The van der Waals surface area contributed by atoms with E-state index in [2.05, 4.69) is 16.2 Å². The summed E-state index contributed by atoms with van der Waals surface area (Å²) in [5.74, 6) is 3.99. The zero-order valence-electron chi connectivity index (χ0n) is 18.0. The highest BCUT2D eigenvalue weighted by molar-refractivity contribution is 8.00. The van der Waals surface area contributed by atoms with Gasteiger partial charge in [-0.15, -0.1) is 0 Å². The van der Waals surface area contributed by atoms with Crippen molar-refractivity contribution in [2.75, 3.05) is 11.1 Å². The number of hydrogen-bond donors (Lipinski definition) is 2. The Labute approximate surface area is 192 Å². The predicted octanol–water partition coefficient (Wildman–Crippen LogP) is 4.37. The first-order valence-electron chi connectivity index (χ1n) is 10.1. The number of aliphatic hydroxyl groups is 1. The molecule has 0 aliphatic heterocycles. The van der Waals surface area contributed by atoms with E-state index in [-0.39, 0.29) is 12.1 Å². The monoisotopic (exact) mass is 508 g/mol. The van der Waals surface area contributed by atoms with Gasteiger partial charge < -0.3 is 10.4 Å². The van der Waals surface area contributed by atoms with E-state index in [9.17, 15) is 40.5 Å². The van der Waals surface area contributed by atoms with Gasteiger partial charge in [0.25, 0.3) is 5.60 Å². The van der Waals surface area contributed by atoms with Gasteiger partial charge >= 0.3 is 12.4 Å². The second kappa shape index (κ2) is 8.88. The van der Waals surface area contributed by atoms with Gasteiger partial charge in [-0.1, -0.05) is 12.1 Å². The fraction of sp³-hybridized carbons (Fsp3) is 0.409. The SMILES string of the molecule is C=S(=O)(CC1CC1)c1ccc(CC(=O)Nc2ccc(C(O)(C(F)(F)F)C(F)(F)F)c(C)c2)cn1. The summed E-state index contributed by atoms with van der Waals surface area (Å²) < 4.78 is 91.4. The minimum Gasteiger partial charge on any atom is -0.369 e. The number of nitrogens with one attached hydrogen (secondary N) is 1. The molecule has 1 saturated carbocycles. The van der Waals surface area contributed by atoms with Gasteiger partial charge in [-0.05, 0) is 60.9 Å². The summed E-state index contributed by atoms with van der Waals surface area (Å²) in [7, 11) is -2.53. The first kappa shape index (κ1) is 26.0. The van der Waals surface area contributed by atoms with Crippen molar-refractivity contribution in [3.8, 4) is 0 Å². The van der Waals surface area contributed by atoms with Crippen molar-refractivity contribution >= 4 is 27.0 Å². The lowest BCUT2D eigenvalue weighted by molar-refractivity contribution is -0.376. The molecular formula is C22H22F6N2O3S. The van der Waals surface area contributed by atoms with Crippen LogP contribution >= 0.6 is 0 Å². The summed E-state index contributed by atoms with van der Waals surface area (Å²) in [6.45, 7) is 0.966. The van der Waals surface area contributed by atoms with Gasteiger partial charge in [0.15, 0.2) is 0 Å². The summed E-state index contributed by atoms with van der Waals surface area (Å²) >= 11 is 0. The van der Waals surface area contributed by atoms with Gasteiger partial charge in [0.05, 0.1) is 6.42 Å². The summed E-state index contributed by atoms with van der Waals surface area (Å²) in [6.07, 6.45) is -8.81. The Morgan fingerprint density at radius 1 is 1.15 bits per heavy atom. The van der Waals surface area contributed by atoms with E-state index < -0.39 is 44.5 Å². The average molecular weight is 508 g/mol. The second-order valence-corrected chi connectivity index (χ2v) is 10.8. The van der Waals surface area contributed by atoms with Crippen LogP contribution in [0.1, 0.15) is 29.5 Å². The minimum absolute atomic E-state index is 0.0484. The van der Waals surface area contributed by atoms with Gasteiger partial charge in [-0.25, -0.2) is 4.98 Å². The number of carbonyl (C=O) groups excluding carboxylic acids is 1. The van der Waals surface area contributed by atoms with Gasteiger partial charge in [0, 0.05) is 32.7 Å². The number of carbonyl (C=O) groups is 1. The molecule has 1 atom stereocenters. The van der Waals surface area contributed by atoms with Gasteiger partial charge in [0.1, 0.15) is 5.03 Å². The smallest absolute Gasteiger partial charge is 0.369 e. The Balaban J connectivity index is 1.71. The van der Waals surface area contributed by atoms with E-state index in [1.165, 1.54) is 12.3 Å². The number of rotatable bonds is 7. The molecule has 3 rings (SSSR count). The van der Waals surface area contributed by atoms with Crippen LogP contribution < -0.4 is 5.32 Å². The molecule has 1 unspecified atom stereocenters. The summed E-state index contributed by atoms with van der Waals surface area (Å²) in [6, 6.07) is 5.31. The van der Waals surface area contributed by atoms with Crippen molar-refractivity contribution in [3.63, 3.8) is 0 Å². The molecule has 1 heterocycles. The number of anilines is 1. The lowest BCUT2D eigenvalue weighted by Gasteiger charge is -2.33. The maximum Gasteiger partial charge on any atom is 0.430 e. The van der Waals surface area contributed by atoms with Crippen molar-refractivity contribution < 1.29 is 40.5 Å². The van der Waals surface area contributed by atoms with Crippen molar-refractivity contribution in [2.45, 2.75) is 49.2 Å². The zero-order valence-corrected chi connectivity index (χ0v) is 18.8. The molecule has 1 aromatic carbocycles. The largest absolute Gasteiger partial charge is 0.430 e. The number of benzene rings is 1. The molecule has 1 aromatic heterocycles. The molecule has 1 fully saturated rings. The molecule has 0 bridgehead atoms. The van der Waals surface area contributed by atoms with Gasteiger partial charge in [0.2, 0.25) is 5.91 Å². The maximum absolute atomic E-state index is 13.1. The zero-order chi connectivity index (χ0) is 25.5. The molecule has 5 nitrogen and oxygen atoms in total. The summed E-state index contributed by atoms with van der Waals surface area (Å²) in [5, 5.41) is 12.3. The van der Waals surface area contributed by atoms with Crippen LogP contribution in [0.15, 0.2) is 41.6 Å². The second-order valence-electron chi connectivity index (χ2n) is 8.39. The van der Waals surface area contributed by atoms with Crippen LogP contribution in [0.3, 0.4) is 0 Å². The fourth-order valence-corrected chi connectivity index (χ4v) is 5.32. The summed E-state index contributed by atoms with van der Waals surface area (Å²) in [5.41, 5.74) is -6.53. The number of nitrogens with zero attached hydrogens (tertiary/aromatic N) is 1. The van der Waals surface area contributed by atoms with Crippen LogP contribution in [-0.4, -0.2) is 44.2 Å².